The van der Waals surface area contributed by atoms with Crippen LogP contribution in [0, 0.1) is 0 Å². The molecule has 5 heteroatoms. The van der Waals surface area contributed by atoms with Crippen molar-refractivity contribution in [3.05, 3.63) is 23.8 Å². The Hall–Kier alpha value is -1.30. The molecule has 0 bridgehead atoms. The van der Waals surface area contributed by atoms with E-state index in [2.05, 4.69) is 0 Å². The van der Waals surface area contributed by atoms with Crippen molar-refractivity contribution in [2.75, 3.05) is 39.3 Å². The summed E-state index contributed by atoms with van der Waals surface area (Å²) in [6, 6.07) is 5.63. The Balaban J connectivity index is 2.98. The van der Waals surface area contributed by atoms with E-state index in [0.717, 1.165) is 17.0 Å². The minimum absolute atomic E-state index is 0.145. The summed E-state index contributed by atoms with van der Waals surface area (Å²) in [5, 5.41) is 9.81. The number of ether oxygens (including phenoxy) is 2. The molecule has 0 heterocycles. The van der Waals surface area contributed by atoms with Crippen molar-refractivity contribution in [2.45, 2.75) is 19.1 Å². The van der Waals surface area contributed by atoms with Gasteiger partial charge in [0.15, 0.2) is 0 Å². The van der Waals surface area contributed by atoms with E-state index in [1.807, 2.05) is 37.1 Å². The maximum absolute atomic E-state index is 9.81. The van der Waals surface area contributed by atoms with E-state index in [9.17, 15) is 5.11 Å². The summed E-state index contributed by atoms with van der Waals surface area (Å²) in [7, 11) is 5.12. The molecule has 0 saturated carbocycles. The van der Waals surface area contributed by atoms with Gasteiger partial charge in [-0.2, -0.15) is 0 Å². The van der Waals surface area contributed by atoms with Crippen molar-refractivity contribution < 1.29 is 14.6 Å². The standard InChI is InChI=1S/C14H24N2O3/c1-10(15)14-12(6-5-7-13(14)19-4)16(2)8-11(17)9-18-3/h5-7,10-11,17H,8-9,15H2,1-4H3/t10-,11?/m0/s1. The molecule has 1 aromatic carbocycles. The second-order valence-electron chi connectivity index (χ2n) is 4.67. The molecular formula is C14H24N2O3. The normalized spacial score (nSPS) is 14.0. The zero-order chi connectivity index (χ0) is 14.4. The number of nitrogens with two attached hydrogens (primary N) is 1. The smallest absolute Gasteiger partial charge is 0.125 e. The summed E-state index contributed by atoms with van der Waals surface area (Å²) in [4.78, 5) is 1.96. The first-order chi connectivity index (χ1) is 9.01. The Morgan fingerprint density at radius 1 is 1.37 bits per heavy atom. The highest BCUT2D eigenvalue weighted by Gasteiger charge is 2.17. The predicted octanol–water partition coefficient (Wildman–Crippen LogP) is 1.16. The molecule has 0 saturated heterocycles. The zero-order valence-electron chi connectivity index (χ0n) is 12.1. The van der Waals surface area contributed by atoms with E-state index >= 15 is 0 Å². The number of nitrogens with zero attached hydrogens (tertiary/aromatic N) is 1. The van der Waals surface area contributed by atoms with Crippen LogP contribution in [0.4, 0.5) is 5.69 Å². The van der Waals surface area contributed by atoms with Gasteiger partial charge in [-0.25, -0.2) is 0 Å². The molecule has 0 aromatic heterocycles. The van der Waals surface area contributed by atoms with E-state index in [-0.39, 0.29) is 6.04 Å². The van der Waals surface area contributed by atoms with Crippen molar-refractivity contribution in [1.29, 1.82) is 0 Å². The minimum atomic E-state index is -0.540. The monoisotopic (exact) mass is 268 g/mol. The van der Waals surface area contributed by atoms with Crippen molar-refractivity contribution in [3.63, 3.8) is 0 Å². The SMILES string of the molecule is COCC(O)CN(C)c1cccc(OC)c1[C@H](C)N. The van der Waals surface area contributed by atoms with Gasteiger partial charge in [-0.1, -0.05) is 6.07 Å². The van der Waals surface area contributed by atoms with E-state index in [0.29, 0.717) is 13.2 Å². The fourth-order valence-electron chi connectivity index (χ4n) is 2.16. The lowest BCUT2D eigenvalue weighted by Crippen LogP contribution is -2.33. The third-order valence-corrected chi connectivity index (χ3v) is 2.97. The Bertz CT molecular complexity index is 396. The van der Waals surface area contributed by atoms with E-state index in [1.54, 1.807) is 14.2 Å². The van der Waals surface area contributed by atoms with Crippen LogP contribution < -0.4 is 15.4 Å². The number of anilines is 1. The Kier molecular flexibility index (Phi) is 6.08. The fraction of sp³-hybridized carbons (Fsp3) is 0.571. The number of hydrogen-bond donors (Lipinski definition) is 2. The highest BCUT2D eigenvalue weighted by Crippen LogP contribution is 2.33. The van der Waals surface area contributed by atoms with Crippen molar-refractivity contribution in [3.8, 4) is 5.75 Å². The molecule has 0 aliphatic heterocycles. The first-order valence-electron chi connectivity index (χ1n) is 6.31. The topological polar surface area (TPSA) is 68.0 Å². The molecule has 0 aliphatic carbocycles. The summed E-state index contributed by atoms with van der Waals surface area (Å²) in [5.74, 6) is 0.764. The van der Waals surface area contributed by atoms with Crippen molar-refractivity contribution in [2.24, 2.45) is 5.73 Å². The van der Waals surface area contributed by atoms with Crippen LogP contribution in [0.25, 0.3) is 0 Å². The van der Waals surface area contributed by atoms with Crippen molar-refractivity contribution in [1.82, 2.24) is 0 Å². The lowest BCUT2D eigenvalue weighted by atomic mass is 10.0. The van der Waals surface area contributed by atoms with Crippen LogP contribution in [-0.2, 0) is 4.74 Å². The van der Waals surface area contributed by atoms with Gasteiger partial charge in [0, 0.05) is 38.0 Å². The van der Waals surface area contributed by atoms with Gasteiger partial charge in [-0.05, 0) is 19.1 Å². The fourth-order valence-corrected chi connectivity index (χ4v) is 2.16. The Morgan fingerprint density at radius 3 is 2.58 bits per heavy atom. The molecule has 1 unspecified atom stereocenters. The first kappa shape index (κ1) is 15.8. The second-order valence-corrected chi connectivity index (χ2v) is 4.67. The van der Waals surface area contributed by atoms with Gasteiger partial charge in [-0.15, -0.1) is 0 Å². The van der Waals surface area contributed by atoms with Crippen LogP contribution in [0.1, 0.15) is 18.5 Å². The second kappa shape index (κ2) is 7.33. The van der Waals surface area contributed by atoms with Gasteiger partial charge >= 0.3 is 0 Å². The number of methoxy groups -OCH3 is 2. The molecule has 3 N–H and O–H groups in total. The van der Waals surface area contributed by atoms with Crippen LogP contribution in [0.5, 0.6) is 5.75 Å². The third kappa shape index (κ3) is 4.09. The number of aliphatic hydroxyl groups is 1. The molecule has 0 radical (unpaired) electrons. The number of rotatable bonds is 7. The Labute approximate surface area is 114 Å². The van der Waals surface area contributed by atoms with Crippen LogP contribution >= 0.6 is 0 Å². The zero-order valence-corrected chi connectivity index (χ0v) is 12.1. The average molecular weight is 268 g/mol. The molecule has 1 aromatic rings. The molecule has 0 aliphatic rings. The van der Waals surface area contributed by atoms with E-state index in [1.165, 1.54) is 0 Å². The summed E-state index contributed by atoms with van der Waals surface area (Å²) in [6.45, 7) is 2.70. The number of benzene rings is 1. The molecule has 2 atom stereocenters. The van der Waals surface area contributed by atoms with Gasteiger partial charge in [0.25, 0.3) is 0 Å². The number of aliphatic hydroxyl groups excluding tert-OH is 1. The molecular weight excluding hydrogens is 244 g/mol. The Morgan fingerprint density at radius 2 is 2.05 bits per heavy atom. The highest BCUT2D eigenvalue weighted by atomic mass is 16.5. The van der Waals surface area contributed by atoms with E-state index in [4.69, 9.17) is 15.2 Å². The van der Waals surface area contributed by atoms with Crippen LogP contribution in [0.3, 0.4) is 0 Å². The van der Waals surface area contributed by atoms with Crippen LogP contribution in [-0.4, -0.2) is 45.6 Å². The third-order valence-electron chi connectivity index (χ3n) is 2.97. The predicted molar refractivity (Wildman–Crippen MR) is 76.7 cm³/mol. The molecule has 1 rings (SSSR count). The first-order valence-corrected chi connectivity index (χ1v) is 6.31. The highest BCUT2D eigenvalue weighted by molar-refractivity contribution is 5.60. The molecule has 0 amide bonds. The molecule has 0 fully saturated rings. The number of hydrogen-bond acceptors (Lipinski definition) is 5. The molecule has 19 heavy (non-hydrogen) atoms. The minimum Gasteiger partial charge on any atom is -0.496 e. The molecule has 0 spiro atoms. The van der Waals surface area contributed by atoms with Crippen LogP contribution in [0.2, 0.25) is 0 Å². The van der Waals surface area contributed by atoms with Gasteiger partial charge in [0.2, 0.25) is 0 Å². The summed E-state index contributed by atoms with van der Waals surface area (Å²) < 4.78 is 10.3. The quantitative estimate of drug-likeness (QED) is 0.776. The van der Waals surface area contributed by atoms with Gasteiger partial charge in [0.1, 0.15) is 5.75 Å². The maximum atomic E-state index is 9.81. The lowest BCUT2D eigenvalue weighted by Gasteiger charge is -2.27. The van der Waals surface area contributed by atoms with Crippen LogP contribution in [0.15, 0.2) is 18.2 Å². The maximum Gasteiger partial charge on any atom is 0.125 e. The molecule has 108 valence electrons. The molecule has 5 nitrogen and oxygen atoms in total. The van der Waals surface area contributed by atoms with E-state index < -0.39 is 6.10 Å². The summed E-state index contributed by atoms with van der Waals surface area (Å²) in [5.41, 5.74) is 7.93. The van der Waals surface area contributed by atoms with Gasteiger partial charge in [0.05, 0.1) is 19.8 Å². The summed E-state index contributed by atoms with van der Waals surface area (Å²) >= 11 is 0. The van der Waals surface area contributed by atoms with Gasteiger partial charge < -0.3 is 25.2 Å². The van der Waals surface area contributed by atoms with Gasteiger partial charge in [-0.3, -0.25) is 0 Å². The van der Waals surface area contributed by atoms with Crippen molar-refractivity contribution >= 4 is 5.69 Å². The average Bonchev–Trinajstić information content (AvgIpc) is 2.37. The largest absolute Gasteiger partial charge is 0.496 e. The lowest BCUT2D eigenvalue weighted by molar-refractivity contribution is 0.0695. The summed E-state index contributed by atoms with van der Waals surface area (Å²) in [6.07, 6.45) is -0.540. The number of likely N-dealkylation sites (N-methyl/N-ethyl adjacent to an activating group) is 1.